The van der Waals surface area contributed by atoms with Gasteiger partial charge in [0.2, 0.25) is 6.54 Å². The molecule has 0 atom stereocenters. The van der Waals surface area contributed by atoms with Crippen LogP contribution in [0.4, 0.5) is 0 Å². The SMILES string of the molecule is O=[N+]([O-])Cc1cnc2ccnn2c1. The van der Waals surface area contributed by atoms with Gasteiger partial charge in [0.05, 0.1) is 11.8 Å². The molecule has 0 radical (unpaired) electrons. The number of nitrogens with zero attached hydrogens (tertiary/aromatic N) is 4. The van der Waals surface area contributed by atoms with Gasteiger partial charge >= 0.3 is 0 Å². The lowest BCUT2D eigenvalue weighted by molar-refractivity contribution is -0.496. The van der Waals surface area contributed by atoms with Crippen molar-refractivity contribution in [3.8, 4) is 0 Å². The van der Waals surface area contributed by atoms with Crippen molar-refractivity contribution in [1.29, 1.82) is 0 Å². The third-order valence-corrected chi connectivity index (χ3v) is 1.61. The Balaban J connectivity index is 2.42. The zero-order chi connectivity index (χ0) is 9.26. The van der Waals surface area contributed by atoms with Gasteiger partial charge in [-0.05, 0) is 0 Å². The molecule has 6 heteroatoms. The van der Waals surface area contributed by atoms with Crippen molar-refractivity contribution in [2.45, 2.75) is 6.54 Å². The molecule has 0 aliphatic heterocycles. The highest BCUT2D eigenvalue weighted by molar-refractivity contribution is 5.35. The monoisotopic (exact) mass is 178 g/mol. The molecule has 0 unspecified atom stereocenters. The summed E-state index contributed by atoms with van der Waals surface area (Å²) < 4.78 is 1.51. The number of hydrogen-bond donors (Lipinski definition) is 0. The zero-order valence-corrected chi connectivity index (χ0v) is 6.62. The molecule has 0 amide bonds. The summed E-state index contributed by atoms with van der Waals surface area (Å²) in [4.78, 5) is 13.8. The summed E-state index contributed by atoms with van der Waals surface area (Å²) in [5, 5.41) is 14.1. The molecule has 0 aromatic carbocycles. The van der Waals surface area contributed by atoms with Crippen LogP contribution >= 0.6 is 0 Å². The van der Waals surface area contributed by atoms with E-state index in [0.717, 1.165) is 0 Å². The van der Waals surface area contributed by atoms with Crippen molar-refractivity contribution in [3.63, 3.8) is 0 Å². The third kappa shape index (κ3) is 1.46. The van der Waals surface area contributed by atoms with Crippen molar-refractivity contribution < 1.29 is 4.92 Å². The zero-order valence-electron chi connectivity index (χ0n) is 6.62. The summed E-state index contributed by atoms with van der Waals surface area (Å²) in [6.45, 7) is -0.219. The van der Waals surface area contributed by atoms with Gasteiger partial charge in [-0.2, -0.15) is 5.10 Å². The topological polar surface area (TPSA) is 73.3 Å². The fourth-order valence-corrected chi connectivity index (χ4v) is 1.08. The van der Waals surface area contributed by atoms with Gasteiger partial charge in [0.1, 0.15) is 0 Å². The predicted molar refractivity (Wildman–Crippen MR) is 43.7 cm³/mol. The minimum Gasteiger partial charge on any atom is -0.264 e. The van der Waals surface area contributed by atoms with Crippen LogP contribution < -0.4 is 0 Å². The number of rotatable bonds is 2. The van der Waals surface area contributed by atoms with Crippen molar-refractivity contribution in [2.24, 2.45) is 0 Å². The van der Waals surface area contributed by atoms with Crippen molar-refractivity contribution in [3.05, 3.63) is 40.3 Å². The maximum atomic E-state index is 10.2. The van der Waals surface area contributed by atoms with Gasteiger partial charge < -0.3 is 0 Å². The summed E-state index contributed by atoms with van der Waals surface area (Å²) in [7, 11) is 0. The highest BCUT2D eigenvalue weighted by Crippen LogP contribution is 2.02. The maximum Gasteiger partial charge on any atom is 0.231 e. The molecular weight excluding hydrogens is 172 g/mol. The van der Waals surface area contributed by atoms with E-state index in [1.54, 1.807) is 18.5 Å². The Labute approximate surface area is 73.0 Å². The molecular formula is C7H6N4O2. The molecule has 6 nitrogen and oxygen atoms in total. The van der Waals surface area contributed by atoms with Gasteiger partial charge in [-0.25, -0.2) is 9.50 Å². The summed E-state index contributed by atoms with van der Waals surface area (Å²) >= 11 is 0. The second-order valence-electron chi connectivity index (χ2n) is 2.59. The lowest BCUT2D eigenvalue weighted by Crippen LogP contribution is -2.01. The van der Waals surface area contributed by atoms with E-state index in [2.05, 4.69) is 10.1 Å². The lowest BCUT2D eigenvalue weighted by atomic mass is 10.3. The molecule has 0 saturated heterocycles. The Morgan fingerprint density at radius 3 is 3.23 bits per heavy atom. The van der Waals surface area contributed by atoms with E-state index >= 15 is 0 Å². The summed E-state index contributed by atoms with van der Waals surface area (Å²) in [6.07, 6.45) is 4.68. The molecule has 2 heterocycles. The first-order valence-electron chi connectivity index (χ1n) is 3.66. The van der Waals surface area contributed by atoms with Crippen LogP contribution in [0.25, 0.3) is 5.65 Å². The van der Waals surface area contributed by atoms with Crippen LogP contribution in [0.2, 0.25) is 0 Å². The Morgan fingerprint density at radius 2 is 2.46 bits per heavy atom. The number of fused-ring (bicyclic) bond motifs is 1. The van der Waals surface area contributed by atoms with Crippen LogP contribution in [0, 0.1) is 10.1 Å². The molecule has 66 valence electrons. The first kappa shape index (κ1) is 7.66. The van der Waals surface area contributed by atoms with Crippen LogP contribution in [0.3, 0.4) is 0 Å². The van der Waals surface area contributed by atoms with Crippen LogP contribution in [0.1, 0.15) is 5.56 Å². The van der Waals surface area contributed by atoms with Crippen LogP contribution in [-0.4, -0.2) is 19.5 Å². The molecule has 0 N–H and O–H groups in total. The smallest absolute Gasteiger partial charge is 0.231 e. The first-order chi connectivity index (χ1) is 6.25. The standard InChI is InChI=1S/C7H6N4O2/c12-11(13)5-6-3-8-7-1-2-9-10(7)4-6/h1-4H,5H2. The molecule has 0 aliphatic carbocycles. The molecule has 2 aromatic rings. The molecule has 2 rings (SSSR count). The number of aromatic nitrogens is 3. The Bertz CT molecular complexity index is 450. The summed E-state index contributed by atoms with van der Waals surface area (Å²) in [6, 6.07) is 1.73. The molecule has 0 saturated carbocycles. The van der Waals surface area contributed by atoms with Gasteiger partial charge in [-0.3, -0.25) is 10.1 Å². The molecule has 0 spiro atoms. The normalized spacial score (nSPS) is 10.5. The van der Waals surface area contributed by atoms with Crippen molar-refractivity contribution in [1.82, 2.24) is 14.6 Å². The Morgan fingerprint density at radius 1 is 1.62 bits per heavy atom. The Hall–Kier alpha value is -1.98. The van der Waals surface area contributed by atoms with E-state index in [0.29, 0.717) is 11.2 Å². The van der Waals surface area contributed by atoms with E-state index in [4.69, 9.17) is 0 Å². The van der Waals surface area contributed by atoms with E-state index < -0.39 is 4.92 Å². The van der Waals surface area contributed by atoms with Crippen LogP contribution in [-0.2, 0) is 6.54 Å². The fourth-order valence-electron chi connectivity index (χ4n) is 1.08. The van der Waals surface area contributed by atoms with E-state index in [1.807, 2.05) is 0 Å². The number of nitro groups is 1. The largest absolute Gasteiger partial charge is 0.264 e. The highest BCUT2D eigenvalue weighted by Gasteiger charge is 2.03. The average molecular weight is 178 g/mol. The van der Waals surface area contributed by atoms with E-state index in [9.17, 15) is 10.1 Å². The Kier molecular flexibility index (Phi) is 1.66. The van der Waals surface area contributed by atoms with Gasteiger partial charge in [-0.1, -0.05) is 0 Å². The first-order valence-corrected chi connectivity index (χ1v) is 3.66. The minimum atomic E-state index is -0.396. The highest BCUT2D eigenvalue weighted by atomic mass is 16.6. The van der Waals surface area contributed by atoms with Crippen LogP contribution in [0.15, 0.2) is 24.7 Å². The van der Waals surface area contributed by atoms with Crippen molar-refractivity contribution in [2.75, 3.05) is 0 Å². The fraction of sp³-hybridized carbons (Fsp3) is 0.143. The summed E-state index contributed by atoms with van der Waals surface area (Å²) in [5.41, 5.74) is 1.23. The van der Waals surface area contributed by atoms with E-state index in [-0.39, 0.29) is 6.54 Å². The van der Waals surface area contributed by atoms with Gasteiger partial charge in [0.25, 0.3) is 0 Å². The molecule has 0 aliphatic rings. The molecule has 0 fully saturated rings. The maximum absolute atomic E-state index is 10.2. The average Bonchev–Trinajstić information content (AvgIpc) is 2.49. The molecule has 2 aromatic heterocycles. The quantitative estimate of drug-likeness (QED) is 0.496. The van der Waals surface area contributed by atoms with Gasteiger partial charge in [-0.15, -0.1) is 0 Å². The molecule has 13 heavy (non-hydrogen) atoms. The second kappa shape index (κ2) is 2.81. The predicted octanol–water partition coefficient (Wildman–Crippen LogP) is 0.506. The molecule has 0 bridgehead atoms. The second-order valence-corrected chi connectivity index (χ2v) is 2.59. The minimum absolute atomic E-state index is 0.219. The number of hydrogen-bond acceptors (Lipinski definition) is 4. The van der Waals surface area contributed by atoms with Crippen LogP contribution in [0.5, 0.6) is 0 Å². The lowest BCUT2D eigenvalue weighted by Gasteiger charge is -1.95. The van der Waals surface area contributed by atoms with Crippen molar-refractivity contribution >= 4 is 5.65 Å². The summed E-state index contributed by atoms with van der Waals surface area (Å²) in [5.74, 6) is 0. The van der Waals surface area contributed by atoms with Gasteiger partial charge in [0, 0.05) is 23.4 Å². The van der Waals surface area contributed by atoms with Gasteiger partial charge in [0.15, 0.2) is 5.65 Å². The van der Waals surface area contributed by atoms with E-state index in [1.165, 1.54) is 10.7 Å². The third-order valence-electron chi connectivity index (χ3n) is 1.61.